The zero-order valence-corrected chi connectivity index (χ0v) is 7.45. The maximum atomic E-state index is 11.5. The number of Topliss-reactive ketones (excluding diaryl/α,β-unsaturated/α-hetero) is 1. The molecule has 0 aromatic heterocycles. The maximum Gasteiger partial charge on any atom is 0.170 e. The molecule has 0 saturated heterocycles. The molecule has 0 bridgehead atoms. The third-order valence-corrected chi connectivity index (χ3v) is 2.20. The van der Waals surface area contributed by atoms with Crippen molar-refractivity contribution in [1.29, 1.82) is 0 Å². The van der Waals surface area contributed by atoms with E-state index in [0.717, 1.165) is 0 Å². The second-order valence-corrected chi connectivity index (χ2v) is 3.45. The van der Waals surface area contributed by atoms with Crippen molar-refractivity contribution in [3.05, 3.63) is 24.3 Å². The van der Waals surface area contributed by atoms with Crippen LogP contribution in [-0.2, 0) is 4.79 Å². The van der Waals surface area contributed by atoms with Crippen LogP contribution in [0.15, 0.2) is 24.3 Å². The van der Waals surface area contributed by atoms with E-state index in [2.05, 4.69) is 0 Å². The molecule has 0 spiro atoms. The van der Waals surface area contributed by atoms with Crippen molar-refractivity contribution in [3.8, 4) is 0 Å². The second-order valence-electron chi connectivity index (χ2n) is 3.45. The molecular formula is C10H14O2. The lowest BCUT2D eigenvalue weighted by Crippen LogP contribution is -2.33. The Kier molecular flexibility index (Phi) is 2.48. The molecule has 66 valence electrons. The topological polar surface area (TPSA) is 37.3 Å². The van der Waals surface area contributed by atoms with Gasteiger partial charge in [0.1, 0.15) is 6.10 Å². The monoisotopic (exact) mass is 166 g/mol. The van der Waals surface area contributed by atoms with Gasteiger partial charge in [0.2, 0.25) is 0 Å². The van der Waals surface area contributed by atoms with Crippen molar-refractivity contribution in [1.82, 2.24) is 0 Å². The Balaban J connectivity index is 2.79. The molecule has 0 amide bonds. The number of aliphatic hydroxyl groups is 1. The lowest BCUT2D eigenvalue weighted by molar-refractivity contribution is -0.133. The predicted molar refractivity (Wildman–Crippen MR) is 47.7 cm³/mol. The molecule has 0 aromatic carbocycles. The first kappa shape index (κ1) is 9.20. The highest BCUT2D eigenvalue weighted by atomic mass is 16.3. The average Bonchev–Trinajstić information content (AvgIpc) is 2.04. The van der Waals surface area contributed by atoms with E-state index in [4.69, 9.17) is 5.11 Å². The Morgan fingerprint density at radius 3 is 2.67 bits per heavy atom. The Morgan fingerprint density at radius 1 is 1.58 bits per heavy atom. The number of allylic oxidation sites excluding steroid dienone is 4. The summed E-state index contributed by atoms with van der Waals surface area (Å²) in [6, 6.07) is 0. The summed E-state index contributed by atoms with van der Waals surface area (Å²) in [7, 11) is 0. The summed E-state index contributed by atoms with van der Waals surface area (Å²) in [6.45, 7) is 3.36. The minimum absolute atomic E-state index is 0.108. The zero-order valence-electron chi connectivity index (χ0n) is 7.45. The molecule has 1 aliphatic carbocycles. The smallest absolute Gasteiger partial charge is 0.170 e. The first-order valence-electron chi connectivity index (χ1n) is 4.13. The molecule has 0 radical (unpaired) electrons. The van der Waals surface area contributed by atoms with Crippen molar-refractivity contribution in [2.45, 2.75) is 26.4 Å². The van der Waals surface area contributed by atoms with Crippen LogP contribution in [0.1, 0.15) is 20.3 Å². The normalized spacial score (nSPS) is 30.2. The quantitative estimate of drug-likeness (QED) is 0.674. The molecule has 1 aliphatic rings. The van der Waals surface area contributed by atoms with E-state index in [9.17, 15) is 4.79 Å². The average molecular weight is 166 g/mol. The van der Waals surface area contributed by atoms with Crippen molar-refractivity contribution in [2.24, 2.45) is 5.41 Å². The predicted octanol–water partition coefficient (Wildman–Crippen LogP) is 1.46. The Hall–Kier alpha value is -0.890. The van der Waals surface area contributed by atoms with Gasteiger partial charge in [0.25, 0.3) is 0 Å². The summed E-state index contributed by atoms with van der Waals surface area (Å²) in [5.74, 6) is -0.108. The van der Waals surface area contributed by atoms with E-state index in [1.165, 1.54) is 6.92 Å². The van der Waals surface area contributed by atoms with Crippen molar-refractivity contribution in [2.75, 3.05) is 0 Å². The van der Waals surface area contributed by atoms with Crippen LogP contribution in [0.3, 0.4) is 0 Å². The Morgan fingerprint density at radius 2 is 2.25 bits per heavy atom. The van der Waals surface area contributed by atoms with Gasteiger partial charge in [-0.1, -0.05) is 24.3 Å². The molecule has 2 atom stereocenters. The van der Waals surface area contributed by atoms with Crippen LogP contribution in [0.5, 0.6) is 0 Å². The first-order valence-corrected chi connectivity index (χ1v) is 4.13. The highest BCUT2D eigenvalue weighted by Gasteiger charge is 2.32. The van der Waals surface area contributed by atoms with E-state index in [1.807, 2.05) is 31.2 Å². The molecule has 12 heavy (non-hydrogen) atoms. The van der Waals surface area contributed by atoms with Crippen molar-refractivity contribution < 1.29 is 9.90 Å². The highest BCUT2D eigenvalue weighted by molar-refractivity contribution is 5.90. The third kappa shape index (κ3) is 1.64. The van der Waals surface area contributed by atoms with Crippen LogP contribution in [0.4, 0.5) is 0 Å². The molecule has 0 fully saturated rings. The van der Waals surface area contributed by atoms with Gasteiger partial charge < -0.3 is 5.11 Å². The fourth-order valence-electron chi connectivity index (χ4n) is 1.39. The summed E-state index contributed by atoms with van der Waals surface area (Å²) < 4.78 is 0. The molecule has 1 rings (SSSR count). The SMILES string of the molecule is CC(O)C(=O)C1(C)C=CC=CC1. The van der Waals surface area contributed by atoms with Gasteiger partial charge in [0, 0.05) is 0 Å². The van der Waals surface area contributed by atoms with Gasteiger partial charge in [-0.3, -0.25) is 4.79 Å². The van der Waals surface area contributed by atoms with Crippen LogP contribution < -0.4 is 0 Å². The standard InChI is InChI=1S/C10H14O2/c1-8(11)9(12)10(2)6-4-3-5-7-10/h3-6,8,11H,7H2,1-2H3. The van der Waals surface area contributed by atoms with E-state index in [-0.39, 0.29) is 5.78 Å². The van der Waals surface area contributed by atoms with Gasteiger partial charge in [-0.2, -0.15) is 0 Å². The van der Waals surface area contributed by atoms with E-state index in [0.29, 0.717) is 6.42 Å². The molecule has 0 saturated carbocycles. The molecule has 1 N–H and O–H groups in total. The molecule has 0 heterocycles. The minimum Gasteiger partial charge on any atom is -0.386 e. The summed E-state index contributed by atoms with van der Waals surface area (Å²) in [5, 5.41) is 9.13. The van der Waals surface area contributed by atoms with Crippen LogP contribution in [-0.4, -0.2) is 17.0 Å². The summed E-state index contributed by atoms with van der Waals surface area (Å²) in [4.78, 5) is 11.5. The fraction of sp³-hybridized carbons (Fsp3) is 0.500. The molecule has 2 nitrogen and oxygen atoms in total. The van der Waals surface area contributed by atoms with E-state index >= 15 is 0 Å². The lowest BCUT2D eigenvalue weighted by Gasteiger charge is -2.25. The van der Waals surface area contributed by atoms with Gasteiger partial charge in [-0.15, -0.1) is 0 Å². The van der Waals surface area contributed by atoms with Crippen LogP contribution in [0.2, 0.25) is 0 Å². The molecule has 2 heteroatoms. The van der Waals surface area contributed by atoms with Crippen LogP contribution >= 0.6 is 0 Å². The minimum atomic E-state index is -0.869. The van der Waals surface area contributed by atoms with Gasteiger partial charge in [0.15, 0.2) is 5.78 Å². The van der Waals surface area contributed by atoms with Crippen LogP contribution in [0.25, 0.3) is 0 Å². The molecule has 2 unspecified atom stereocenters. The Bertz CT molecular complexity index is 238. The molecule has 0 aliphatic heterocycles. The number of aliphatic hydroxyl groups excluding tert-OH is 1. The molecular weight excluding hydrogens is 152 g/mol. The fourth-order valence-corrected chi connectivity index (χ4v) is 1.39. The van der Waals surface area contributed by atoms with E-state index < -0.39 is 11.5 Å². The summed E-state index contributed by atoms with van der Waals surface area (Å²) in [5.41, 5.74) is -0.497. The first-order chi connectivity index (χ1) is 5.56. The number of hydrogen-bond donors (Lipinski definition) is 1. The summed E-state index contributed by atoms with van der Waals surface area (Å²) in [6.07, 6.45) is 7.38. The van der Waals surface area contributed by atoms with Crippen molar-refractivity contribution in [3.63, 3.8) is 0 Å². The number of carbonyl (C=O) groups is 1. The number of rotatable bonds is 2. The third-order valence-electron chi connectivity index (χ3n) is 2.20. The number of hydrogen-bond acceptors (Lipinski definition) is 2. The zero-order chi connectivity index (χ0) is 9.19. The van der Waals surface area contributed by atoms with Crippen LogP contribution in [0, 0.1) is 5.41 Å². The van der Waals surface area contributed by atoms with Gasteiger partial charge in [-0.05, 0) is 20.3 Å². The second kappa shape index (κ2) is 3.23. The van der Waals surface area contributed by atoms with Gasteiger partial charge in [-0.25, -0.2) is 0 Å². The van der Waals surface area contributed by atoms with Gasteiger partial charge in [0.05, 0.1) is 5.41 Å². The largest absolute Gasteiger partial charge is 0.386 e. The Labute approximate surface area is 72.6 Å². The van der Waals surface area contributed by atoms with Gasteiger partial charge >= 0.3 is 0 Å². The maximum absolute atomic E-state index is 11.5. The number of ketones is 1. The number of carbonyl (C=O) groups excluding carboxylic acids is 1. The van der Waals surface area contributed by atoms with E-state index in [1.54, 1.807) is 0 Å². The summed E-state index contributed by atoms with van der Waals surface area (Å²) >= 11 is 0. The lowest BCUT2D eigenvalue weighted by atomic mass is 9.78. The highest BCUT2D eigenvalue weighted by Crippen LogP contribution is 2.29. The molecule has 0 aromatic rings. The van der Waals surface area contributed by atoms with Crippen molar-refractivity contribution >= 4 is 5.78 Å².